The molecule has 9 heavy (non-hydrogen) atoms. The van der Waals surface area contributed by atoms with Gasteiger partial charge in [-0.05, 0) is 24.1 Å². The Hall–Kier alpha value is -0.430. The van der Waals surface area contributed by atoms with E-state index in [1.165, 1.54) is 21.8 Å². The van der Waals surface area contributed by atoms with Gasteiger partial charge in [0.25, 0.3) is 0 Å². The van der Waals surface area contributed by atoms with Crippen molar-refractivity contribution in [1.29, 1.82) is 0 Å². The standard InChI is InChI=1S/C8H8S/c1-6-2-3-7-5-9-8(7)4-6/h2-4H,5H2,1H3. The molecule has 0 bridgehead atoms. The minimum atomic E-state index is 1.22. The Morgan fingerprint density at radius 1 is 1.44 bits per heavy atom. The predicted octanol–water partition coefficient (Wildman–Crippen LogP) is 2.60. The van der Waals surface area contributed by atoms with Gasteiger partial charge in [-0.15, -0.1) is 11.8 Å². The summed E-state index contributed by atoms with van der Waals surface area (Å²) in [6.45, 7) is 2.14. The van der Waals surface area contributed by atoms with Crippen molar-refractivity contribution in [2.75, 3.05) is 0 Å². The molecule has 1 heteroatoms. The highest BCUT2D eigenvalue weighted by Crippen LogP contribution is 2.37. The molecule has 0 amide bonds. The van der Waals surface area contributed by atoms with Crippen LogP contribution in [0.4, 0.5) is 0 Å². The van der Waals surface area contributed by atoms with Gasteiger partial charge < -0.3 is 0 Å². The van der Waals surface area contributed by atoms with Gasteiger partial charge in [0.2, 0.25) is 0 Å². The summed E-state index contributed by atoms with van der Waals surface area (Å²) in [4.78, 5) is 1.48. The van der Waals surface area contributed by atoms with E-state index in [1.54, 1.807) is 0 Å². The molecule has 0 radical (unpaired) electrons. The fourth-order valence-electron chi connectivity index (χ4n) is 0.990. The van der Waals surface area contributed by atoms with Crippen LogP contribution in [0.2, 0.25) is 0 Å². The molecule has 1 aromatic rings. The average Bonchev–Trinajstić information content (AvgIpc) is 1.78. The monoisotopic (exact) mass is 136 g/mol. The molecule has 0 atom stereocenters. The average molecular weight is 136 g/mol. The van der Waals surface area contributed by atoms with Gasteiger partial charge >= 0.3 is 0 Å². The fraction of sp³-hybridized carbons (Fsp3) is 0.250. The smallest absolute Gasteiger partial charge is 0.0243 e. The first kappa shape index (κ1) is 5.36. The van der Waals surface area contributed by atoms with Gasteiger partial charge in [0.1, 0.15) is 0 Å². The molecule has 1 aliphatic rings. The van der Waals surface area contributed by atoms with Gasteiger partial charge in [0.05, 0.1) is 0 Å². The van der Waals surface area contributed by atoms with Crippen LogP contribution < -0.4 is 0 Å². The Morgan fingerprint density at radius 3 is 2.78 bits per heavy atom. The van der Waals surface area contributed by atoms with E-state index in [9.17, 15) is 0 Å². The van der Waals surface area contributed by atoms with E-state index in [1.807, 2.05) is 11.8 Å². The molecule has 0 unspecified atom stereocenters. The van der Waals surface area contributed by atoms with Crippen molar-refractivity contribution in [2.24, 2.45) is 0 Å². The maximum absolute atomic E-state index is 2.25. The second-order valence-corrected chi connectivity index (χ2v) is 3.42. The van der Waals surface area contributed by atoms with Crippen molar-refractivity contribution < 1.29 is 0 Å². The van der Waals surface area contributed by atoms with E-state index in [0.29, 0.717) is 0 Å². The summed E-state index contributed by atoms with van der Waals surface area (Å²) in [6, 6.07) is 6.66. The Morgan fingerprint density at radius 2 is 2.33 bits per heavy atom. The normalized spacial score (nSPS) is 14.3. The predicted molar refractivity (Wildman–Crippen MR) is 40.7 cm³/mol. The summed E-state index contributed by atoms with van der Waals surface area (Å²) in [5, 5.41) is 0. The Kier molecular flexibility index (Phi) is 1.06. The third-order valence-corrected chi connectivity index (χ3v) is 2.75. The zero-order valence-corrected chi connectivity index (χ0v) is 6.16. The van der Waals surface area contributed by atoms with Crippen molar-refractivity contribution in [2.45, 2.75) is 17.6 Å². The van der Waals surface area contributed by atoms with Crippen molar-refractivity contribution in [3.63, 3.8) is 0 Å². The van der Waals surface area contributed by atoms with E-state index < -0.39 is 0 Å². The quantitative estimate of drug-likeness (QED) is 0.528. The van der Waals surface area contributed by atoms with Crippen molar-refractivity contribution >= 4 is 11.8 Å². The first-order chi connectivity index (χ1) is 4.36. The molecular formula is C8H8S. The third kappa shape index (κ3) is 0.761. The first-order valence-corrected chi connectivity index (χ1v) is 4.07. The van der Waals surface area contributed by atoms with Crippen molar-refractivity contribution in [1.82, 2.24) is 0 Å². The molecule has 0 nitrogen and oxygen atoms in total. The van der Waals surface area contributed by atoms with Gasteiger partial charge in [-0.3, -0.25) is 0 Å². The van der Waals surface area contributed by atoms with Gasteiger partial charge in [0, 0.05) is 10.6 Å². The lowest BCUT2D eigenvalue weighted by molar-refractivity contribution is 1.18. The highest BCUT2D eigenvalue weighted by atomic mass is 32.2. The summed E-state index contributed by atoms with van der Waals surface area (Å²) >= 11 is 1.94. The van der Waals surface area contributed by atoms with E-state index in [4.69, 9.17) is 0 Å². The molecule has 0 saturated carbocycles. The van der Waals surface area contributed by atoms with Crippen LogP contribution in [-0.2, 0) is 5.75 Å². The van der Waals surface area contributed by atoms with Crippen LogP contribution in [0.15, 0.2) is 23.1 Å². The van der Waals surface area contributed by atoms with Crippen LogP contribution in [0.5, 0.6) is 0 Å². The number of hydrogen-bond acceptors (Lipinski definition) is 1. The SMILES string of the molecule is Cc1ccc2c(c1)SC2. The molecule has 1 aliphatic heterocycles. The molecule has 0 N–H and O–H groups in total. The van der Waals surface area contributed by atoms with Gasteiger partial charge in [-0.25, -0.2) is 0 Å². The maximum Gasteiger partial charge on any atom is 0.0243 e. The topological polar surface area (TPSA) is 0 Å². The summed E-state index contributed by atoms with van der Waals surface area (Å²) < 4.78 is 0. The number of rotatable bonds is 0. The molecule has 0 spiro atoms. The molecule has 1 heterocycles. The summed E-state index contributed by atoms with van der Waals surface area (Å²) in [6.07, 6.45) is 0. The van der Waals surface area contributed by atoms with Crippen LogP contribution in [-0.4, -0.2) is 0 Å². The lowest BCUT2D eigenvalue weighted by atomic mass is 10.2. The largest absolute Gasteiger partial charge is 0.121 e. The molecule has 0 fully saturated rings. The molecular weight excluding hydrogens is 128 g/mol. The molecule has 0 saturated heterocycles. The van der Waals surface area contributed by atoms with Crippen LogP contribution in [0, 0.1) is 6.92 Å². The Labute approximate surface area is 59.3 Å². The number of fused-ring (bicyclic) bond motifs is 1. The van der Waals surface area contributed by atoms with Crippen molar-refractivity contribution in [3.05, 3.63) is 29.3 Å². The minimum Gasteiger partial charge on any atom is -0.121 e. The molecule has 0 aliphatic carbocycles. The van der Waals surface area contributed by atoms with Gasteiger partial charge in [0.15, 0.2) is 0 Å². The molecule has 1 aromatic carbocycles. The lowest BCUT2D eigenvalue weighted by Gasteiger charge is -2.17. The highest BCUT2D eigenvalue weighted by Gasteiger charge is 2.11. The van der Waals surface area contributed by atoms with Gasteiger partial charge in [-0.1, -0.05) is 12.1 Å². The van der Waals surface area contributed by atoms with Crippen LogP contribution in [0.3, 0.4) is 0 Å². The lowest BCUT2D eigenvalue weighted by Crippen LogP contribution is -1.95. The molecule has 2 rings (SSSR count). The zero-order chi connectivity index (χ0) is 6.27. The summed E-state index contributed by atoms with van der Waals surface area (Å²) in [5.74, 6) is 1.22. The van der Waals surface area contributed by atoms with E-state index in [0.717, 1.165) is 0 Å². The fourth-order valence-corrected chi connectivity index (χ4v) is 1.90. The second kappa shape index (κ2) is 1.77. The zero-order valence-electron chi connectivity index (χ0n) is 5.35. The highest BCUT2D eigenvalue weighted by molar-refractivity contribution is 7.99. The van der Waals surface area contributed by atoms with Crippen molar-refractivity contribution in [3.8, 4) is 0 Å². The number of aryl methyl sites for hydroxylation is 1. The summed E-state index contributed by atoms with van der Waals surface area (Å²) in [5.41, 5.74) is 2.89. The first-order valence-electron chi connectivity index (χ1n) is 3.08. The van der Waals surface area contributed by atoms with Gasteiger partial charge in [-0.2, -0.15) is 0 Å². The Bertz CT molecular complexity index is 240. The van der Waals surface area contributed by atoms with E-state index >= 15 is 0 Å². The second-order valence-electron chi connectivity index (χ2n) is 2.40. The Balaban J connectivity index is 2.57. The number of thioether (sulfide) groups is 1. The van der Waals surface area contributed by atoms with Crippen LogP contribution >= 0.6 is 11.8 Å². The van der Waals surface area contributed by atoms with Crippen LogP contribution in [0.1, 0.15) is 11.1 Å². The van der Waals surface area contributed by atoms with Crippen LogP contribution in [0.25, 0.3) is 0 Å². The molecule has 46 valence electrons. The molecule has 0 aromatic heterocycles. The van der Waals surface area contributed by atoms with E-state index in [-0.39, 0.29) is 0 Å². The minimum absolute atomic E-state index is 1.22. The third-order valence-electron chi connectivity index (χ3n) is 1.61. The summed E-state index contributed by atoms with van der Waals surface area (Å²) in [7, 11) is 0. The van der Waals surface area contributed by atoms with E-state index in [2.05, 4.69) is 25.1 Å². The number of hydrogen-bond donors (Lipinski definition) is 0. The maximum atomic E-state index is 2.25. The number of benzene rings is 1.